The lowest BCUT2D eigenvalue weighted by atomic mass is 10.0. The van der Waals surface area contributed by atoms with Gasteiger partial charge in [-0.25, -0.2) is 0 Å². The van der Waals surface area contributed by atoms with Crippen LogP contribution in [-0.4, -0.2) is 21.5 Å². The van der Waals surface area contributed by atoms with Gasteiger partial charge in [-0.15, -0.1) is 0 Å². The molecule has 0 saturated carbocycles. The molecule has 0 aliphatic carbocycles. The first kappa shape index (κ1) is 12.6. The first-order valence-electron chi connectivity index (χ1n) is 6.02. The maximum Gasteiger partial charge on any atom is 0.119 e. The Labute approximate surface area is 107 Å². The van der Waals surface area contributed by atoms with Crippen molar-refractivity contribution in [2.45, 2.75) is 20.0 Å². The van der Waals surface area contributed by atoms with Gasteiger partial charge in [0.2, 0.25) is 0 Å². The molecule has 1 atom stereocenters. The smallest absolute Gasteiger partial charge is 0.119 e. The van der Waals surface area contributed by atoms with Crippen molar-refractivity contribution in [3.63, 3.8) is 0 Å². The zero-order chi connectivity index (χ0) is 13.1. The second-order valence-electron chi connectivity index (χ2n) is 4.22. The Morgan fingerprint density at radius 2 is 2.22 bits per heavy atom. The molecule has 0 fully saturated rings. The number of aliphatic hydroxyl groups excluding tert-OH is 1. The molecule has 2 aromatic rings. The number of aromatic nitrogens is 2. The summed E-state index contributed by atoms with van der Waals surface area (Å²) in [5.74, 6) is 0.774. The van der Waals surface area contributed by atoms with Crippen molar-refractivity contribution >= 4 is 0 Å². The van der Waals surface area contributed by atoms with Crippen molar-refractivity contribution in [1.29, 1.82) is 0 Å². The zero-order valence-electron chi connectivity index (χ0n) is 10.9. The lowest BCUT2D eigenvalue weighted by Crippen LogP contribution is -2.02. The quantitative estimate of drug-likeness (QED) is 0.899. The van der Waals surface area contributed by atoms with Crippen LogP contribution in [0.1, 0.15) is 29.8 Å². The van der Waals surface area contributed by atoms with Crippen molar-refractivity contribution in [2.24, 2.45) is 7.05 Å². The van der Waals surface area contributed by atoms with Crippen LogP contribution in [0.25, 0.3) is 0 Å². The van der Waals surface area contributed by atoms with Gasteiger partial charge in [-0.05, 0) is 31.5 Å². The van der Waals surface area contributed by atoms with Crippen LogP contribution in [0.4, 0.5) is 0 Å². The molecule has 0 spiro atoms. The van der Waals surface area contributed by atoms with Crippen LogP contribution in [0, 0.1) is 6.92 Å². The molecule has 1 aromatic heterocycles. The van der Waals surface area contributed by atoms with Crippen molar-refractivity contribution in [2.75, 3.05) is 6.61 Å². The summed E-state index contributed by atoms with van der Waals surface area (Å²) in [5, 5.41) is 14.5. The molecule has 2 rings (SSSR count). The fraction of sp³-hybridized carbons (Fsp3) is 0.357. The summed E-state index contributed by atoms with van der Waals surface area (Å²) in [6.07, 6.45) is 1.03. The van der Waals surface area contributed by atoms with E-state index in [4.69, 9.17) is 4.74 Å². The van der Waals surface area contributed by atoms with Gasteiger partial charge < -0.3 is 9.84 Å². The fourth-order valence-electron chi connectivity index (χ4n) is 1.90. The van der Waals surface area contributed by atoms with Crippen LogP contribution in [0.15, 0.2) is 30.5 Å². The average molecular weight is 246 g/mol. The zero-order valence-corrected chi connectivity index (χ0v) is 10.9. The van der Waals surface area contributed by atoms with Gasteiger partial charge in [0, 0.05) is 18.3 Å². The number of hydrogen-bond donors (Lipinski definition) is 1. The Hall–Kier alpha value is -1.81. The summed E-state index contributed by atoms with van der Waals surface area (Å²) in [7, 11) is 1.86. The van der Waals surface area contributed by atoms with E-state index in [0.29, 0.717) is 6.61 Å². The molecular weight excluding hydrogens is 228 g/mol. The predicted molar refractivity (Wildman–Crippen MR) is 69.6 cm³/mol. The Bertz CT molecular complexity index is 534. The van der Waals surface area contributed by atoms with E-state index in [9.17, 15) is 5.11 Å². The molecule has 4 heteroatoms. The second kappa shape index (κ2) is 5.23. The van der Waals surface area contributed by atoms with Gasteiger partial charge in [0.25, 0.3) is 0 Å². The molecule has 0 amide bonds. The highest BCUT2D eigenvalue weighted by Crippen LogP contribution is 2.26. The maximum atomic E-state index is 10.4. The second-order valence-corrected chi connectivity index (χ2v) is 4.22. The van der Waals surface area contributed by atoms with Crippen LogP contribution in [-0.2, 0) is 7.05 Å². The van der Waals surface area contributed by atoms with E-state index < -0.39 is 6.10 Å². The average Bonchev–Trinajstić information content (AvgIpc) is 2.70. The molecule has 0 aliphatic rings. The minimum atomic E-state index is -0.667. The van der Waals surface area contributed by atoms with E-state index in [1.54, 1.807) is 10.9 Å². The van der Waals surface area contributed by atoms with Crippen LogP contribution in [0.2, 0.25) is 0 Å². The van der Waals surface area contributed by atoms with Gasteiger partial charge in [-0.3, -0.25) is 4.68 Å². The Morgan fingerprint density at radius 3 is 2.83 bits per heavy atom. The summed E-state index contributed by atoms with van der Waals surface area (Å²) < 4.78 is 7.19. The monoisotopic (exact) mass is 246 g/mol. The highest BCUT2D eigenvalue weighted by molar-refractivity contribution is 5.35. The Morgan fingerprint density at radius 1 is 1.44 bits per heavy atom. The van der Waals surface area contributed by atoms with Gasteiger partial charge >= 0.3 is 0 Å². The minimum Gasteiger partial charge on any atom is -0.494 e. The molecular formula is C14H18N2O2. The van der Waals surface area contributed by atoms with Crippen LogP contribution >= 0.6 is 0 Å². The maximum absolute atomic E-state index is 10.4. The van der Waals surface area contributed by atoms with E-state index in [1.165, 1.54) is 0 Å². The van der Waals surface area contributed by atoms with Crippen LogP contribution in [0.3, 0.4) is 0 Å². The van der Waals surface area contributed by atoms with Crippen molar-refractivity contribution in [3.8, 4) is 5.75 Å². The molecule has 1 N–H and O–H groups in total. The molecule has 18 heavy (non-hydrogen) atoms. The lowest BCUT2D eigenvalue weighted by Gasteiger charge is -2.12. The molecule has 1 aromatic carbocycles. The molecule has 96 valence electrons. The fourth-order valence-corrected chi connectivity index (χ4v) is 1.90. The summed E-state index contributed by atoms with van der Waals surface area (Å²) in [5.41, 5.74) is 2.60. The minimum absolute atomic E-state index is 0.617. The third kappa shape index (κ3) is 2.38. The summed E-state index contributed by atoms with van der Waals surface area (Å²) in [6.45, 7) is 4.50. The number of rotatable bonds is 4. The standard InChI is InChI=1S/C14H18N2O2/c1-4-18-12-7-5-6-11(8-12)14(17)13-9-15-16(3)10(13)2/h5-9,14,17H,4H2,1-3H3. The number of hydrogen-bond acceptors (Lipinski definition) is 3. The molecule has 1 unspecified atom stereocenters. The van der Waals surface area contributed by atoms with Gasteiger partial charge in [-0.2, -0.15) is 5.10 Å². The third-order valence-electron chi connectivity index (χ3n) is 3.05. The predicted octanol–water partition coefficient (Wildman–Crippen LogP) is 2.21. The lowest BCUT2D eigenvalue weighted by molar-refractivity contribution is 0.218. The highest BCUT2D eigenvalue weighted by atomic mass is 16.5. The first-order valence-corrected chi connectivity index (χ1v) is 6.02. The van der Waals surface area contributed by atoms with Crippen molar-refractivity contribution in [3.05, 3.63) is 47.3 Å². The first-order chi connectivity index (χ1) is 8.63. The Kier molecular flexibility index (Phi) is 3.67. The Balaban J connectivity index is 2.30. The number of aliphatic hydroxyl groups is 1. The number of benzene rings is 1. The number of nitrogens with zero attached hydrogens (tertiary/aromatic N) is 2. The highest BCUT2D eigenvalue weighted by Gasteiger charge is 2.16. The van der Waals surface area contributed by atoms with E-state index in [2.05, 4.69) is 5.10 Å². The van der Waals surface area contributed by atoms with Crippen LogP contribution < -0.4 is 4.74 Å². The topological polar surface area (TPSA) is 47.3 Å². The largest absolute Gasteiger partial charge is 0.494 e. The normalized spacial score (nSPS) is 12.4. The molecule has 4 nitrogen and oxygen atoms in total. The number of ether oxygens (including phenoxy) is 1. The van der Waals surface area contributed by atoms with Crippen molar-refractivity contribution in [1.82, 2.24) is 9.78 Å². The molecule has 1 heterocycles. The molecule has 0 bridgehead atoms. The summed E-state index contributed by atoms with van der Waals surface area (Å²) in [4.78, 5) is 0. The van der Waals surface area contributed by atoms with Gasteiger partial charge in [0.1, 0.15) is 11.9 Å². The van der Waals surface area contributed by atoms with E-state index >= 15 is 0 Å². The van der Waals surface area contributed by atoms with Gasteiger partial charge in [0.05, 0.1) is 12.8 Å². The molecule has 0 radical (unpaired) electrons. The van der Waals surface area contributed by atoms with E-state index in [0.717, 1.165) is 22.6 Å². The molecule has 0 aliphatic heterocycles. The third-order valence-corrected chi connectivity index (χ3v) is 3.05. The number of aryl methyl sites for hydroxylation is 1. The van der Waals surface area contributed by atoms with E-state index in [-0.39, 0.29) is 0 Å². The van der Waals surface area contributed by atoms with Crippen LogP contribution in [0.5, 0.6) is 5.75 Å². The SMILES string of the molecule is CCOc1cccc(C(O)c2cnn(C)c2C)c1. The van der Waals surface area contributed by atoms with Gasteiger partial charge in [0.15, 0.2) is 0 Å². The summed E-state index contributed by atoms with van der Waals surface area (Å²) in [6, 6.07) is 7.52. The van der Waals surface area contributed by atoms with Crippen molar-refractivity contribution < 1.29 is 9.84 Å². The molecule has 0 saturated heterocycles. The summed E-state index contributed by atoms with van der Waals surface area (Å²) >= 11 is 0. The van der Waals surface area contributed by atoms with Gasteiger partial charge in [-0.1, -0.05) is 12.1 Å². The van der Waals surface area contributed by atoms with E-state index in [1.807, 2.05) is 45.2 Å².